The Hall–Kier alpha value is -2.11. The minimum absolute atomic E-state index is 0.187. The number of hydrogen-bond acceptors (Lipinski definition) is 3. The summed E-state index contributed by atoms with van der Waals surface area (Å²) in [4.78, 5) is 19.4. The number of rotatable bonds is 4. The van der Waals surface area contributed by atoms with Crippen LogP contribution < -0.4 is 0 Å². The molecule has 1 aliphatic heterocycles. The van der Waals surface area contributed by atoms with Crippen LogP contribution in [0.2, 0.25) is 0 Å². The highest BCUT2D eigenvalue weighted by Gasteiger charge is 2.29. The normalized spacial score (nSPS) is 18.2. The zero-order valence-corrected chi connectivity index (χ0v) is 15.9. The van der Waals surface area contributed by atoms with Gasteiger partial charge < -0.3 is 9.47 Å². The van der Waals surface area contributed by atoms with Gasteiger partial charge in [0.05, 0.1) is 5.69 Å². The molecule has 2 aromatic heterocycles. The maximum atomic E-state index is 13.1. The van der Waals surface area contributed by atoms with E-state index in [0.29, 0.717) is 5.92 Å². The van der Waals surface area contributed by atoms with Crippen LogP contribution in [-0.4, -0.2) is 43.2 Å². The van der Waals surface area contributed by atoms with Crippen molar-refractivity contribution in [3.63, 3.8) is 0 Å². The Bertz CT molecular complexity index is 782. The molecule has 0 unspecified atom stereocenters. The summed E-state index contributed by atoms with van der Waals surface area (Å²) in [5.41, 5.74) is 3.20. The number of aromatic nitrogens is 4. The highest BCUT2D eigenvalue weighted by Crippen LogP contribution is 2.27. The molecule has 1 aliphatic carbocycles. The van der Waals surface area contributed by atoms with E-state index in [0.717, 1.165) is 62.5 Å². The summed E-state index contributed by atoms with van der Waals surface area (Å²) in [6.45, 7) is 4.81. The van der Waals surface area contributed by atoms with Crippen LogP contribution in [0, 0.1) is 12.8 Å². The quantitative estimate of drug-likeness (QED) is 0.847. The van der Waals surface area contributed by atoms with Gasteiger partial charge in [0, 0.05) is 44.6 Å². The smallest absolute Gasteiger partial charge is 0.272 e. The predicted molar refractivity (Wildman–Crippen MR) is 100 cm³/mol. The van der Waals surface area contributed by atoms with Crippen LogP contribution in [0.25, 0.3) is 0 Å². The van der Waals surface area contributed by atoms with E-state index in [1.54, 1.807) is 0 Å². The van der Waals surface area contributed by atoms with Crippen LogP contribution in [0.1, 0.15) is 59.7 Å². The molecule has 0 N–H and O–H groups in total. The van der Waals surface area contributed by atoms with E-state index in [4.69, 9.17) is 0 Å². The van der Waals surface area contributed by atoms with Gasteiger partial charge >= 0.3 is 0 Å². The van der Waals surface area contributed by atoms with Gasteiger partial charge in [-0.2, -0.15) is 5.10 Å². The van der Waals surface area contributed by atoms with Crippen LogP contribution >= 0.6 is 0 Å². The summed E-state index contributed by atoms with van der Waals surface area (Å²) in [6, 6.07) is 0. The minimum Gasteiger partial charge on any atom is -0.337 e. The lowest BCUT2D eigenvalue weighted by Crippen LogP contribution is -2.40. The van der Waals surface area contributed by atoms with Crippen molar-refractivity contribution in [3.05, 3.63) is 35.2 Å². The summed E-state index contributed by atoms with van der Waals surface area (Å²) in [5.74, 6) is 1.96. The molecule has 140 valence electrons. The zero-order valence-electron chi connectivity index (χ0n) is 15.9. The standard InChI is InChI=1S/C20H29N5O/c1-15-21-10-14-24(15)11-7-16-8-12-25(13-9-16)20(26)19-17-5-3-4-6-18(17)22-23(19)2/h10,14,16H,3-9,11-13H2,1-2H3. The Morgan fingerprint density at radius 3 is 2.73 bits per heavy atom. The molecule has 1 fully saturated rings. The third-order valence-electron chi connectivity index (χ3n) is 6.13. The number of likely N-dealkylation sites (tertiary alicyclic amines) is 1. The number of piperidine rings is 1. The van der Waals surface area contributed by atoms with Crippen LogP contribution in [-0.2, 0) is 26.4 Å². The number of amides is 1. The van der Waals surface area contributed by atoms with Gasteiger partial charge in [0.2, 0.25) is 0 Å². The molecule has 3 heterocycles. The summed E-state index contributed by atoms with van der Waals surface area (Å²) in [5, 5.41) is 4.61. The molecule has 4 rings (SSSR count). The third-order valence-corrected chi connectivity index (χ3v) is 6.13. The molecule has 1 amide bonds. The van der Waals surface area contributed by atoms with Crippen molar-refractivity contribution in [1.29, 1.82) is 0 Å². The molecule has 0 spiro atoms. The van der Waals surface area contributed by atoms with Crippen molar-refractivity contribution in [2.24, 2.45) is 13.0 Å². The Kier molecular flexibility index (Phi) is 4.83. The second kappa shape index (κ2) is 7.25. The van der Waals surface area contributed by atoms with E-state index in [1.165, 1.54) is 24.8 Å². The summed E-state index contributed by atoms with van der Waals surface area (Å²) in [7, 11) is 1.92. The largest absolute Gasteiger partial charge is 0.337 e. The van der Waals surface area contributed by atoms with Gasteiger partial charge in [-0.15, -0.1) is 0 Å². The second-order valence-corrected chi connectivity index (χ2v) is 7.80. The summed E-state index contributed by atoms with van der Waals surface area (Å²) >= 11 is 0. The van der Waals surface area contributed by atoms with Gasteiger partial charge in [-0.05, 0) is 57.8 Å². The lowest BCUT2D eigenvalue weighted by Gasteiger charge is -2.32. The van der Waals surface area contributed by atoms with Crippen LogP contribution in [0.15, 0.2) is 12.4 Å². The number of nitrogens with zero attached hydrogens (tertiary/aromatic N) is 5. The maximum absolute atomic E-state index is 13.1. The van der Waals surface area contributed by atoms with Crippen LogP contribution in [0.5, 0.6) is 0 Å². The second-order valence-electron chi connectivity index (χ2n) is 7.80. The van der Waals surface area contributed by atoms with Gasteiger partial charge in [-0.1, -0.05) is 0 Å². The molecule has 0 atom stereocenters. The first-order valence-electron chi connectivity index (χ1n) is 9.95. The molecule has 0 aromatic carbocycles. The number of carbonyl (C=O) groups is 1. The Balaban J connectivity index is 1.35. The average Bonchev–Trinajstić information content (AvgIpc) is 3.21. The SMILES string of the molecule is Cc1nccn1CCC1CCN(C(=O)c2c3c(nn2C)CCCC3)CC1. The number of hydrogen-bond donors (Lipinski definition) is 0. The van der Waals surface area contributed by atoms with Gasteiger partial charge in [-0.3, -0.25) is 9.48 Å². The molecule has 6 heteroatoms. The molecule has 26 heavy (non-hydrogen) atoms. The molecular formula is C20H29N5O. The molecule has 2 aliphatic rings. The van der Waals surface area contributed by atoms with E-state index < -0.39 is 0 Å². The van der Waals surface area contributed by atoms with Crippen molar-refractivity contribution < 1.29 is 4.79 Å². The Morgan fingerprint density at radius 1 is 1.23 bits per heavy atom. The Morgan fingerprint density at radius 2 is 2.00 bits per heavy atom. The fraction of sp³-hybridized carbons (Fsp3) is 0.650. The molecule has 0 bridgehead atoms. The topological polar surface area (TPSA) is 56.0 Å². The lowest BCUT2D eigenvalue weighted by molar-refractivity contribution is 0.0672. The number of aryl methyl sites for hydroxylation is 4. The highest BCUT2D eigenvalue weighted by molar-refractivity contribution is 5.94. The van der Waals surface area contributed by atoms with Gasteiger partial charge in [-0.25, -0.2) is 4.98 Å². The van der Waals surface area contributed by atoms with Crippen LogP contribution in [0.3, 0.4) is 0 Å². The summed E-state index contributed by atoms with van der Waals surface area (Å²) < 4.78 is 4.05. The first kappa shape index (κ1) is 17.3. The molecule has 0 radical (unpaired) electrons. The van der Waals surface area contributed by atoms with Crippen molar-refractivity contribution >= 4 is 5.91 Å². The molecular weight excluding hydrogens is 326 g/mol. The van der Waals surface area contributed by atoms with E-state index in [9.17, 15) is 4.79 Å². The minimum atomic E-state index is 0.187. The fourth-order valence-electron chi connectivity index (χ4n) is 4.48. The predicted octanol–water partition coefficient (Wildman–Crippen LogP) is 2.75. The highest BCUT2D eigenvalue weighted by atomic mass is 16.2. The first-order chi connectivity index (χ1) is 12.6. The maximum Gasteiger partial charge on any atom is 0.272 e. The molecule has 1 saturated heterocycles. The van der Waals surface area contributed by atoms with Crippen LogP contribution in [0.4, 0.5) is 0 Å². The first-order valence-corrected chi connectivity index (χ1v) is 9.95. The Labute approximate surface area is 155 Å². The fourth-order valence-corrected chi connectivity index (χ4v) is 4.48. The number of fused-ring (bicyclic) bond motifs is 1. The number of imidazole rings is 1. The van der Waals surface area contributed by atoms with Crippen molar-refractivity contribution in [2.75, 3.05) is 13.1 Å². The van der Waals surface area contributed by atoms with E-state index in [2.05, 4.69) is 27.8 Å². The lowest BCUT2D eigenvalue weighted by atomic mass is 9.92. The van der Waals surface area contributed by atoms with E-state index in [1.807, 2.05) is 22.8 Å². The van der Waals surface area contributed by atoms with Crippen molar-refractivity contribution in [2.45, 2.75) is 58.4 Å². The van der Waals surface area contributed by atoms with Gasteiger partial charge in [0.1, 0.15) is 11.5 Å². The van der Waals surface area contributed by atoms with Gasteiger partial charge in [0.15, 0.2) is 0 Å². The van der Waals surface area contributed by atoms with Crippen molar-refractivity contribution in [3.8, 4) is 0 Å². The average molecular weight is 355 g/mol. The summed E-state index contributed by atoms with van der Waals surface area (Å²) in [6.07, 6.45) is 11.7. The molecule has 0 saturated carbocycles. The van der Waals surface area contributed by atoms with Gasteiger partial charge in [0.25, 0.3) is 5.91 Å². The molecule has 6 nitrogen and oxygen atoms in total. The number of carbonyl (C=O) groups excluding carboxylic acids is 1. The van der Waals surface area contributed by atoms with Crippen molar-refractivity contribution in [1.82, 2.24) is 24.2 Å². The monoisotopic (exact) mass is 355 g/mol. The zero-order chi connectivity index (χ0) is 18.1. The molecule has 2 aromatic rings. The van der Waals surface area contributed by atoms with E-state index in [-0.39, 0.29) is 5.91 Å². The van der Waals surface area contributed by atoms with E-state index >= 15 is 0 Å². The third kappa shape index (κ3) is 3.29.